The van der Waals surface area contributed by atoms with Crippen LogP contribution in [0.15, 0.2) is 23.1 Å². The molecule has 0 atom stereocenters. The molecule has 132 valence electrons. The molecule has 4 rings (SSSR count). The van der Waals surface area contributed by atoms with Crippen molar-refractivity contribution < 1.29 is 13.9 Å². The first-order valence-corrected chi connectivity index (χ1v) is 8.22. The maximum atomic E-state index is 14.7. The Hall–Kier alpha value is -3.14. The van der Waals surface area contributed by atoms with Crippen LogP contribution in [-0.4, -0.2) is 27.8 Å². The van der Waals surface area contributed by atoms with Gasteiger partial charge in [-0.25, -0.2) is 4.39 Å². The van der Waals surface area contributed by atoms with Crippen molar-refractivity contribution in [3.8, 4) is 23.8 Å². The monoisotopic (exact) mass is 353 g/mol. The minimum absolute atomic E-state index is 0.0390. The Bertz CT molecular complexity index is 1050. The highest BCUT2D eigenvalue weighted by atomic mass is 19.1. The first-order valence-electron chi connectivity index (χ1n) is 8.22. The SMILES string of the molecule is C#CCN1C(=O)C2(CC2)Oc2cc(F)c(-n3ncc(C)c(C)c3=O)cc21. The number of carbonyl (C=O) groups excluding carboxylic acids is 1. The number of terminal acetylenes is 1. The Morgan fingerprint density at radius 2 is 2.04 bits per heavy atom. The molecule has 1 aliphatic heterocycles. The number of hydrogen-bond donors (Lipinski definition) is 0. The van der Waals surface area contributed by atoms with Gasteiger partial charge in [0.1, 0.15) is 11.4 Å². The summed E-state index contributed by atoms with van der Waals surface area (Å²) >= 11 is 0. The van der Waals surface area contributed by atoms with Crippen molar-refractivity contribution in [3.63, 3.8) is 0 Å². The largest absolute Gasteiger partial charge is 0.475 e. The molecule has 0 unspecified atom stereocenters. The predicted molar refractivity (Wildman–Crippen MR) is 93.0 cm³/mol. The number of aryl methyl sites for hydroxylation is 1. The minimum Gasteiger partial charge on any atom is -0.475 e. The van der Waals surface area contributed by atoms with E-state index in [-0.39, 0.29) is 23.9 Å². The number of benzene rings is 1. The number of nitrogens with zero attached hydrogens (tertiary/aromatic N) is 3. The highest BCUT2D eigenvalue weighted by Gasteiger charge is 2.58. The van der Waals surface area contributed by atoms with Crippen LogP contribution in [0.25, 0.3) is 5.69 Å². The van der Waals surface area contributed by atoms with Crippen molar-refractivity contribution >= 4 is 11.6 Å². The average molecular weight is 353 g/mol. The third-order valence-corrected chi connectivity index (χ3v) is 4.91. The molecule has 0 radical (unpaired) electrons. The number of ether oxygens (including phenoxy) is 1. The van der Waals surface area contributed by atoms with Gasteiger partial charge in [-0.2, -0.15) is 9.78 Å². The van der Waals surface area contributed by atoms with E-state index in [9.17, 15) is 14.0 Å². The highest BCUT2D eigenvalue weighted by Crippen LogP contribution is 2.49. The fourth-order valence-corrected chi connectivity index (χ4v) is 3.07. The normalized spacial score (nSPS) is 16.8. The molecule has 2 aliphatic rings. The van der Waals surface area contributed by atoms with Gasteiger partial charge in [-0.1, -0.05) is 5.92 Å². The van der Waals surface area contributed by atoms with Crippen LogP contribution >= 0.6 is 0 Å². The van der Waals surface area contributed by atoms with Gasteiger partial charge >= 0.3 is 0 Å². The summed E-state index contributed by atoms with van der Waals surface area (Å²) in [6, 6.07) is 2.57. The molecule has 2 aromatic rings. The number of fused-ring (bicyclic) bond motifs is 1. The zero-order valence-corrected chi connectivity index (χ0v) is 14.4. The van der Waals surface area contributed by atoms with Gasteiger partial charge in [0.05, 0.1) is 18.4 Å². The van der Waals surface area contributed by atoms with Crippen molar-refractivity contribution in [2.24, 2.45) is 0 Å². The quantitative estimate of drug-likeness (QED) is 0.774. The lowest BCUT2D eigenvalue weighted by Gasteiger charge is -2.34. The van der Waals surface area contributed by atoms with E-state index in [2.05, 4.69) is 11.0 Å². The molecule has 7 heteroatoms. The summed E-state index contributed by atoms with van der Waals surface area (Å²) < 4.78 is 21.5. The van der Waals surface area contributed by atoms with Gasteiger partial charge in [-0.05, 0) is 25.5 Å². The summed E-state index contributed by atoms with van der Waals surface area (Å²) in [4.78, 5) is 26.6. The Balaban J connectivity index is 1.91. The Morgan fingerprint density at radius 3 is 2.69 bits per heavy atom. The molecule has 2 heterocycles. The van der Waals surface area contributed by atoms with Crippen LogP contribution in [0.1, 0.15) is 24.0 Å². The van der Waals surface area contributed by atoms with Crippen LogP contribution in [-0.2, 0) is 4.79 Å². The molecule has 1 amide bonds. The summed E-state index contributed by atoms with van der Waals surface area (Å²) in [6.45, 7) is 3.45. The molecule has 26 heavy (non-hydrogen) atoms. The van der Waals surface area contributed by atoms with E-state index in [0.29, 0.717) is 29.7 Å². The fraction of sp³-hybridized carbons (Fsp3) is 0.316. The molecule has 1 aliphatic carbocycles. The van der Waals surface area contributed by atoms with E-state index in [4.69, 9.17) is 11.2 Å². The van der Waals surface area contributed by atoms with Gasteiger partial charge in [0.25, 0.3) is 11.5 Å². The smallest absolute Gasteiger partial charge is 0.274 e. The summed E-state index contributed by atoms with van der Waals surface area (Å²) in [6.07, 6.45) is 8.05. The highest BCUT2D eigenvalue weighted by molar-refractivity contribution is 6.05. The lowest BCUT2D eigenvalue weighted by Crippen LogP contribution is -2.48. The second-order valence-electron chi connectivity index (χ2n) is 6.63. The fourth-order valence-electron chi connectivity index (χ4n) is 3.07. The number of aromatic nitrogens is 2. The first-order chi connectivity index (χ1) is 12.4. The summed E-state index contributed by atoms with van der Waals surface area (Å²) in [7, 11) is 0. The zero-order chi connectivity index (χ0) is 18.6. The van der Waals surface area contributed by atoms with Crippen LogP contribution in [0, 0.1) is 32.0 Å². The Morgan fingerprint density at radius 1 is 1.31 bits per heavy atom. The number of carbonyl (C=O) groups is 1. The van der Waals surface area contributed by atoms with Crippen molar-refractivity contribution in [3.05, 3.63) is 45.6 Å². The molecule has 0 bridgehead atoms. The second kappa shape index (κ2) is 5.43. The van der Waals surface area contributed by atoms with E-state index in [1.54, 1.807) is 13.8 Å². The van der Waals surface area contributed by atoms with Crippen molar-refractivity contribution in [1.82, 2.24) is 9.78 Å². The maximum Gasteiger partial charge on any atom is 0.274 e. The summed E-state index contributed by atoms with van der Waals surface area (Å²) in [5.74, 6) is 1.80. The molecule has 1 fully saturated rings. The average Bonchev–Trinajstić information content (AvgIpc) is 3.38. The van der Waals surface area contributed by atoms with Gasteiger partial charge in [0, 0.05) is 24.5 Å². The number of rotatable bonds is 2. The van der Waals surface area contributed by atoms with E-state index in [1.807, 2.05) is 0 Å². The summed E-state index contributed by atoms with van der Waals surface area (Å²) in [5, 5.41) is 4.03. The first kappa shape index (κ1) is 16.3. The van der Waals surface area contributed by atoms with Gasteiger partial charge < -0.3 is 4.74 Å². The third kappa shape index (κ3) is 2.22. The number of hydrogen-bond acceptors (Lipinski definition) is 4. The van der Waals surface area contributed by atoms with Gasteiger partial charge in [0.2, 0.25) is 0 Å². The zero-order valence-electron chi connectivity index (χ0n) is 14.4. The van der Waals surface area contributed by atoms with E-state index < -0.39 is 17.0 Å². The van der Waals surface area contributed by atoms with E-state index in [1.165, 1.54) is 23.2 Å². The van der Waals surface area contributed by atoms with Crippen LogP contribution in [0.5, 0.6) is 5.75 Å². The van der Waals surface area contributed by atoms with Gasteiger partial charge in [-0.3, -0.25) is 14.5 Å². The number of halogens is 1. The molecular formula is C19H16FN3O3. The molecule has 6 nitrogen and oxygen atoms in total. The van der Waals surface area contributed by atoms with Crippen molar-refractivity contribution in [2.45, 2.75) is 32.3 Å². The molecule has 0 saturated heterocycles. The van der Waals surface area contributed by atoms with E-state index in [0.717, 1.165) is 4.68 Å². The van der Waals surface area contributed by atoms with Crippen molar-refractivity contribution in [1.29, 1.82) is 0 Å². The molecule has 1 saturated carbocycles. The maximum absolute atomic E-state index is 14.7. The van der Waals surface area contributed by atoms with Gasteiger partial charge in [-0.15, -0.1) is 6.42 Å². The lowest BCUT2D eigenvalue weighted by molar-refractivity contribution is -0.128. The van der Waals surface area contributed by atoms with Crippen LogP contribution in [0.3, 0.4) is 0 Å². The van der Waals surface area contributed by atoms with Crippen LogP contribution in [0.2, 0.25) is 0 Å². The molecule has 1 aromatic heterocycles. The topological polar surface area (TPSA) is 64.4 Å². The van der Waals surface area contributed by atoms with Gasteiger partial charge in [0.15, 0.2) is 11.4 Å². The molecule has 1 aromatic carbocycles. The number of anilines is 1. The van der Waals surface area contributed by atoms with E-state index >= 15 is 0 Å². The summed E-state index contributed by atoms with van der Waals surface area (Å²) in [5.41, 5.74) is 0.132. The third-order valence-electron chi connectivity index (χ3n) is 4.91. The minimum atomic E-state index is -0.923. The lowest BCUT2D eigenvalue weighted by atomic mass is 10.1. The number of amides is 1. The van der Waals surface area contributed by atoms with Crippen LogP contribution in [0.4, 0.5) is 10.1 Å². The standard InChI is InChI=1S/C19H16FN3O3/c1-4-7-22-15-9-14(23-17(24)12(3)11(2)10-21-23)13(20)8-16(15)26-19(5-6-19)18(22)25/h1,8-10H,5-7H2,2-3H3. The predicted octanol–water partition coefficient (Wildman–Crippen LogP) is 1.88. The molecular weight excluding hydrogens is 337 g/mol. The molecule has 1 spiro atoms. The second-order valence-corrected chi connectivity index (χ2v) is 6.63. The van der Waals surface area contributed by atoms with Crippen LogP contribution < -0.4 is 15.2 Å². The Kier molecular flexibility index (Phi) is 3.41. The Labute approximate surface area is 149 Å². The molecule has 0 N–H and O–H groups in total. The van der Waals surface area contributed by atoms with Crippen molar-refractivity contribution in [2.75, 3.05) is 11.4 Å².